The van der Waals surface area contributed by atoms with Gasteiger partial charge < -0.3 is 15.3 Å². The maximum atomic E-state index is 9.91. The quantitative estimate of drug-likeness (QED) is 0.722. The molecule has 1 aromatic carbocycles. The molecule has 2 atom stereocenters. The zero-order chi connectivity index (χ0) is 13.1. The van der Waals surface area contributed by atoms with E-state index < -0.39 is 12.2 Å². The number of nitrogens with zero attached hydrogens (tertiary/aromatic N) is 2. The number of hydrogen-bond donors (Lipinski definition) is 3. The van der Waals surface area contributed by atoms with Gasteiger partial charge in [-0.2, -0.15) is 0 Å². The molecule has 5 nitrogen and oxygen atoms in total. The normalized spacial score (nSPS) is 14.7. The predicted octanol–water partition coefficient (Wildman–Crippen LogP) is 1.06. The zero-order valence-corrected chi connectivity index (χ0v) is 10.2. The molecule has 18 heavy (non-hydrogen) atoms. The second kappa shape index (κ2) is 5.58. The van der Waals surface area contributed by atoms with Gasteiger partial charge in [0.2, 0.25) is 0 Å². The van der Waals surface area contributed by atoms with Gasteiger partial charge >= 0.3 is 0 Å². The third-order valence-electron chi connectivity index (χ3n) is 2.74. The van der Waals surface area contributed by atoms with Gasteiger partial charge in [0.05, 0.1) is 11.6 Å². The van der Waals surface area contributed by atoms with E-state index in [9.17, 15) is 10.2 Å². The van der Waals surface area contributed by atoms with Crippen molar-refractivity contribution in [1.29, 1.82) is 0 Å². The van der Waals surface area contributed by atoms with Crippen LogP contribution >= 0.6 is 11.6 Å². The van der Waals surface area contributed by atoms with Crippen LogP contribution in [-0.4, -0.2) is 38.0 Å². The molecule has 3 N–H and O–H groups in total. The van der Waals surface area contributed by atoms with Gasteiger partial charge in [-0.1, -0.05) is 17.7 Å². The summed E-state index contributed by atoms with van der Waals surface area (Å²) in [7, 11) is 0. The standard InChI is InChI=1S/C12H13ClN2O3/c13-12-8-2-1-7(5-9(8)14-6-15-12)11(18)10(17)3-4-16/h1-2,5-6,10-11,16-18H,3-4H2. The zero-order valence-electron chi connectivity index (χ0n) is 9.49. The molecule has 1 aromatic heterocycles. The Kier molecular flexibility index (Phi) is 4.08. The van der Waals surface area contributed by atoms with E-state index >= 15 is 0 Å². The van der Waals surface area contributed by atoms with E-state index in [2.05, 4.69) is 9.97 Å². The maximum Gasteiger partial charge on any atom is 0.140 e. The minimum absolute atomic E-state index is 0.115. The summed E-state index contributed by atoms with van der Waals surface area (Å²) in [5.74, 6) is 0. The Morgan fingerprint density at radius 3 is 2.72 bits per heavy atom. The molecule has 2 aromatic rings. The Morgan fingerprint density at radius 2 is 2.00 bits per heavy atom. The summed E-state index contributed by atoms with van der Waals surface area (Å²) < 4.78 is 0. The highest BCUT2D eigenvalue weighted by molar-refractivity contribution is 6.34. The van der Waals surface area contributed by atoms with Crippen LogP contribution in [0.2, 0.25) is 5.15 Å². The molecule has 0 radical (unpaired) electrons. The highest BCUT2D eigenvalue weighted by Gasteiger charge is 2.18. The lowest BCUT2D eigenvalue weighted by atomic mass is 10.0. The second-order valence-electron chi connectivity index (χ2n) is 3.97. The Morgan fingerprint density at radius 1 is 1.22 bits per heavy atom. The first kappa shape index (κ1) is 13.2. The highest BCUT2D eigenvalue weighted by Crippen LogP contribution is 2.25. The lowest BCUT2D eigenvalue weighted by molar-refractivity contribution is 0.00428. The Balaban J connectivity index is 2.35. The largest absolute Gasteiger partial charge is 0.396 e. The van der Waals surface area contributed by atoms with Crippen molar-refractivity contribution in [1.82, 2.24) is 9.97 Å². The predicted molar refractivity (Wildman–Crippen MR) is 67.2 cm³/mol. The van der Waals surface area contributed by atoms with Crippen molar-refractivity contribution >= 4 is 22.5 Å². The fraction of sp³-hybridized carbons (Fsp3) is 0.333. The van der Waals surface area contributed by atoms with Gasteiger partial charge in [0.25, 0.3) is 0 Å². The Bertz CT molecular complexity index is 550. The van der Waals surface area contributed by atoms with Crippen molar-refractivity contribution in [2.45, 2.75) is 18.6 Å². The Hall–Kier alpha value is -1.27. The third kappa shape index (κ3) is 2.59. The average molecular weight is 269 g/mol. The van der Waals surface area contributed by atoms with Crippen LogP contribution in [0.25, 0.3) is 10.9 Å². The molecule has 0 bridgehead atoms. The number of aliphatic hydroxyl groups excluding tert-OH is 3. The molecule has 0 spiro atoms. The van der Waals surface area contributed by atoms with Crippen LogP contribution in [0.4, 0.5) is 0 Å². The summed E-state index contributed by atoms with van der Waals surface area (Å²) in [6, 6.07) is 5.00. The lowest BCUT2D eigenvalue weighted by Gasteiger charge is -2.17. The maximum absolute atomic E-state index is 9.91. The first-order chi connectivity index (χ1) is 8.63. The minimum Gasteiger partial charge on any atom is -0.396 e. The van der Waals surface area contributed by atoms with E-state index in [0.717, 1.165) is 0 Å². The molecule has 1 heterocycles. The van der Waals surface area contributed by atoms with Gasteiger partial charge in [0.1, 0.15) is 17.6 Å². The van der Waals surface area contributed by atoms with E-state index in [1.807, 2.05) is 0 Å². The number of rotatable bonds is 4. The summed E-state index contributed by atoms with van der Waals surface area (Å²) in [6.45, 7) is -0.181. The van der Waals surface area contributed by atoms with Crippen LogP contribution in [0.1, 0.15) is 18.1 Å². The van der Waals surface area contributed by atoms with Crippen LogP contribution in [0, 0.1) is 0 Å². The number of fused-ring (bicyclic) bond motifs is 1. The van der Waals surface area contributed by atoms with E-state index in [-0.39, 0.29) is 13.0 Å². The molecular weight excluding hydrogens is 256 g/mol. The average Bonchev–Trinajstić information content (AvgIpc) is 2.38. The first-order valence-electron chi connectivity index (χ1n) is 5.50. The first-order valence-corrected chi connectivity index (χ1v) is 5.88. The monoisotopic (exact) mass is 268 g/mol. The van der Waals surface area contributed by atoms with E-state index in [4.69, 9.17) is 16.7 Å². The lowest BCUT2D eigenvalue weighted by Crippen LogP contribution is -2.19. The van der Waals surface area contributed by atoms with Gasteiger partial charge in [0, 0.05) is 12.0 Å². The fourth-order valence-electron chi connectivity index (χ4n) is 1.74. The highest BCUT2D eigenvalue weighted by atomic mass is 35.5. The molecule has 0 saturated heterocycles. The fourth-order valence-corrected chi connectivity index (χ4v) is 1.94. The van der Waals surface area contributed by atoms with Crippen molar-refractivity contribution in [3.63, 3.8) is 0 Å². The van der Waals surface area contributed by atoms with Gasteiger partial charge in [-0.3, -0.25) is 0 Å². The van der Waals surface area contributed by atoms with Crippen molar-refractivity contribution in [2.24, 2.45) is 0 Å². The van der Waals surface area contributed by atoms with Crippen molar-refractivity contribution < 1.29 is 15.3 Å². The molecule has 0 aliphatic carbocycles. The number of hydrogen-bond acceptors (Lipinski definition) is 5. The van der Waals surface area contributed by atoms with Gasteiger partial charge in [-0.05, 0) is 24.1 Å². The molecular formula is C12H13ClN2O3. The summed E-state index contributed by atoms with van der Waals surface area (Å²) in [5.41, 5.74) is 1.13. The summed E-state index contributed by atoms with van der Waals surface area (Å²) in [6.07, 6.45) is -0.616. The Labute approximate surface area is 109 Å². The number of aliphatic hydroxyl groups is 3. The second-order valence-corrected chi connectivity index (χ2v) is 4.32. The van der Waals surface area contributed by atoms with Gasteiger partial charge in [-0.25, -0.2) is 9.97 Å². The minimum atomic E-state index is -1.06. The summed E-state index contributed by atoms with van der Waals surface area (Å²) in [4.78, 5) is 7.91. The molecule has 0 saturated carbocycles. The smallest absolute Gasteiger partial charge is 0.140 e. The molecule has 2 rings (SSSR count). The molecule has 0 aliphatic heterocycles. The number of aromatic nitrogens is 2. The van der Waals surface area contributed by atoms with Crippen LogP contribution in [0.3, 0.4) is 0 Å². The van der Waals surface area contributed by atoms with Crippen molar-refractivity contribution in [3.05, 3.63) is 35.2 Å². The summed E-state index contributed by atoms with van der Waals surface area (Å²) in [5, 5.41) is 29.3. The van der Waals surface area contributed by atoms with E-state index in [1.54, 1.807) is 18.2 Å². The van der Waals surface area contributed by atoms with Crippen LogP contribution in [0.15, 0.2) is 24.5 Å². The molecule has 6 heteroatoms. The molecule has 0 fully saturated rings. The van der Waals surface area contributed by atoms with E-state index in [0.29, 0.717) is 21.6 Å². The summed E-state index contributed by atoms with van der Waals surface area (Å²) >= 11 is 5.91. The molecule has 96 valence electrons. The molecule has 0 aliphatic rings. The number of benzene rings is 1. The van der Waals surface area contributed by atoms with Gasteiger partial charge in [-0.15, -0.1) is 0 Å². The molecule has 0 amide bonds. The molecule has 2 unspecified atom stereocenters. The van der Waals surface area contributed by atoms with Crippen LogP contribution in [-0.2, 0) is 0 Å². The van der Waals surface area contributed by atoms with Gasteiger partial charge in [0.15, 0.2) is 0 Å². The topological polar surface area (TPSA) is 86.5 Å². The number of halogens is 1. The van der Waals surface area contributed by atoms with Crippen molar-refractivity contribution in [2.75, 3.05) is 6.61 Å². The van der Waals surface area contributed by atoms with Crippen LogP contribution < -0.4 is 0 Å². The van der Waals surface area contributed by atoms with Crippen molar-refractivity contribution in [3.8, 4) is 0 Å². The SMILES string of the molecule is OCCC(O)C(O)c1ccc2c(Cl)ncnc2c1. The third-order valence-corrected chi connectivity index (χ3v) is 3.04. The van der Waals surface area contributed by atoms with E-state index in [1.165, 1.54) is 6.33 Å². The van der Waals surface area contributed by atoms with Crippen LogP contribution in [0.5, 0.6) is 0 Å².